The van der Waals surface area contributed by atoms with Gasteiger partial charge in [0.15, 0.2) is 5.82 Å². The van der Waals surface area contributed by atoms with Crippen molar-refractivity contribution in [3.8, 4) is 11.6 Å². The minimum atomic E-state index is -4.51. The highest BCUT2D eigenvalue weighted by atomic mass is 35.5. The maximum Gasteiger partial charge on any atom is 0.416 e. The molecule has 0 spiro atoms. The summed E-state index contributed by atoms with van der Waals surface area (Å²) in [4.78, 5) is 24.8. The van der Waals surface area contributed by atoms with E-state index in [1.54, 1.807) is 24.3 Å². The standard InChI is InChI=1S/C29H23ClF3N5O4/c30-23-16-21(17-34-27(23)42-22-8-4-7-20(15-22)29(31,32)33)37-26-25-24(35-18-36-26)9-10-38(25)11-12-40-13-14-41-28(39)19-5-2-1-3-6-19/h1-10,15-18H,11-14H2,(H,35,36,37). The smallest absolute Gasteiger partial charge is 0.416 e. The fourth-order valence-corrected chi connectivity index (χ4v) is 4.18. The third-order valence-electron chi connectivity index (χ3n) is 5.94. The lowest BCUT2D eigenvalue weighted by Gasteiger charge is -2.13. The average Bonchev–Trinajstić information content (AvgIpc) is 3.40. The number of nitrogens with zero attached hydrogens (tertiary/aromatic N) is 4. The van der Waals surface area contributed by atoms with E-state index in [-0.39, 0.29) is 29.9 Å². The number of esters is 1. The van der Waals surface area contributed by atoms with Crippen molar-refractivity contribution in [1.29, 1.82) is 0 Å². The molecule has 2 aromatic carbocycles. The van der Waals surface area contributed by atoms with E-state index in [0.29, 0.717) is 41.3 Å². The van der Waals surface area contributed by atoms with Crippen LogP contribution in [0.15, 0.2) is 85.5 Å². The molecule has 0 aliphatic heterocycles. The van der Waals surface area contributed by atoms with Gasteiger partial charge in [-0.1, -0.05) is 35.9 Å². The Bertz CT molecular complexity index is 1680. The molecule has 0 aliphatic rings. The monoisotopic (exact) mass is 597 g/mol. The van der Waals surface area contributed by atoms with E-state index in [1.807, 2.05) is 22.9 Å². The topological polar surface area (TPSA) is 100 Å². The molecule has 0 radical (unpaired) electrons. The maximum absolute atomic E-state index is 13.0. The van der Waals surface area contributed by atoms with Gasteiger partial charge in [-0.3, -0.25) is 0 Å². The molecule has 3 aromatic heterocycles. The van der Waals surface area contributed by atoms with Gasteiger partial charge in [0.2, 0.25) is 5.88 Å². The summed E-state index contributed by atoms with van der Waals surface area (Å²) in [7, 11) is 0. The number of halogens is 4. The number of benzene rings is 2. The van der Waals surface area contributed by atoms with Crippen LogP contribution in [0.3, 0.4) is 0 Å². The van der Waals surface area contributed by atoms with Crippen LogP contribution in [-0.4, -0.2) is 45.3 Å². The molecule has 0 amide bonds. The van der Waals surface area contributed by atoms with Crippen LogP contribution in [0.2, 0.25) is 5.02 Å². The Morgan fingerprint density at radius 1 is 0.952 bits per heavy atom. The van der Waals surface area contributed by atoms with Crippen LogP contribution in [0.4, 0.5) is 24.7 Å². The number of aromatic nitrogens is 4. The van der Waals surface area contributed by atoms with Crippen LogP contribution >= 0.6 is 11.6 Å². The number of fused-ring (bicyclic) bond motifs is 1. The number of carbonyl (C=O) groups is 1. The van der Waals surface area contributed by atoms with E-state index in [2.05, 4.69) is 20.3 Å². The Balaban J connectivity index is 1.19. The highest BCUT2D eigenvalue weighted by molar-refractivity contribution is 6.32. The molecule has 3 heterocycles. The van der Waals surface area contributed by atoms with Gasteiger partial charge in [0.25, 0.3) is 0 Å². The van der Waals surface area contributed by atoms with Crippen molar-refractivity contribution in [1.82, 2.24) is 19.5 Å². The lowest BCUT2D eigenvalue weighted by atomic mass is 10.2. The van der Waals surface area contributed by atoms with Crippen LogP contribution < -0.4 is 10.1 Å². The van der Waals surface area contributed by atoms with Crippen LogP contribution in [0.1, 0.15) is 15.9 Å². The molecule has 0 atom stereocenters. The molecule has 13 heteroatoms. The maximum atomic E-state index is 13.0. The summed E-state index contributed by atoms with van der Waals surface area (Å²) in [5, 5.41) is 3.23. The van der Waals surface area contributed by atoms with Crippen LogP contribution in [0.25, 0.3) is 11.0 Å². The minimum Gasteiger partial charge on any atom is -0.460 e. The number of alkyl halides is 3. The van der Waals surface area contributed by atoms with Crippen LogP contribution in [0.5, 0.6) is 11.6 Å². The lowest BCUT2D eigenvalue weighted by molar-refractivity contribution is -0.137. The lowest BCUT2D eigenvalue weighted by Crippen LogP contribution is -2.13. The number of rotatable bonds is 11. The molecule has 0 aliphatic carbocycles. The Hall–Kier alpha value is -4.68. The number of pyridine rings is 1. The molecule has 0 saturated heterocycles. The summed E-state index contributed by atoms with van der Waals surface area (Å²) in [6.07, 6.45) is 0.178. The Kier molecular flexibility index (Phi) is 8.84. The fraction of sp³-hybridized carbons (Fsp3) is 0.172. The SMILES string of the molecule is O=C(OCCOCCn1ccc2ncnc(Nc3cnc(Oc4cccc(C(F)(F)F)c4)c(Cl)c3)c21)c1ccccc1. The van der Waals surface area contributed by atoms with Crippen molar-refractivity contribution in [3.63, 3.8) is 0 Å². The van der Waals surface area contributed by atoms with Crippen LogP contribution in [0, 0.1) is 0 Å². The van der Waals surface area contributed by atoms with E-state index in [0.717, 1.165) is 12.1 Å². The number of hydrogen-bond donors (Lipinski definition) is 1. The number of nitrogens with one attached hydrogen (secondary N) is 1. The summed E-state index contributed by atoms with van der Waals surface area (Å²) >= 11 is 6.33. The summed E-state index contributed by atoms with van der Waals surface area (Å²) in [5.41, 5.74) is 1.50. The highest BCUT2D eigenvalue weighted by Gasteiger charge is 2.30. The zero-order chi connectivity index (χ0) is 29.5. The third-order valence-corrected chi connectivity index (χ3v) is 6.21. The third kappa shape index (κ3) is 7.14. The predicted octanol–water partition coefficient (Wildman–Crippen LogP) is 6.91. The van der Waals surface area contributed by atoms with Crippen molar-refractivity contribution >= 4 is 40.1 Å². The van der Waals surface area contributed by atoms with E-state index in [1.165, 1.54) is 30.7 Å². The molecular formula is C29H23ClF3N5O4. The van der Waals surface area contributed by atoms with Crippen molar-refractivity contribution in [2.24, 2.45) is 0 Å². The molecular weight excluding hydrogens is 575 g/mol. The minimum absolute atomic E-state index is 0.0492. The number of carbonyl (C=O) groups excluding carboxylic acids is 1. The van der Waals surface area contributed by atoms with Gasteiger partial charge in [0.1, 0.15) is 29.2 Å². The molecule has 5 rings (SSSR count). The molecule has 0 unspecified atom stereocenters. The van der Waals surface area contributed by atoms with E-state index in [4.69, 9.17) is 25.8 Å². The van der Waals surface area contributed by atoms with E-state index in [9.17, 15) is 18.0 Å². The van der Waals surface area contributed by atoms with Gasteiger partial charge < -0.3 is 24.1 Å². The number of anilines is 2. The first-order chi connectivity index (χ1) is 20.3. The molecule has 216 valence electrons. The van der Waals surface area contributed by atoms with Gasteiger partial charge in [-0.05, 0) is 42.5 Å². The second-order valence-corrected chi connectivity index (χ2v) is 9.25. The highest BCUT2D eigenvalue weighted by Crippen LogP contribution is 2.35. The molecule has 0 fully saturated rings. The Labute approximate surface area is 242 Å². The van der Waals surface area contributed by atoms with Gasteiger partial charge in [0, 0.05) is 12.7 Å². The van der Waals surface area contributed by atoms with Crippen molar-refractivity contribution in [2.75, 3.05) is 25.1 Å². The first kappa shape index (κ1) is 28.8. The summed E-state index contributed by atoms with van der Waals surface area (Å²) < 4.78 is 57.3. The van der Waals surface area contributed by atoms with Crippen molar-refractivity contribution in [3.05, 3.63) is 102 Å². The van der Waals surface area contributed by atoms with Gasteiger partial charge in [0.05, 0.1) is 41.7 Å². The largest absolute Gasteiger partial charge is 0.460 e. The first-order valence-corrected chi connectivity index (χ1v) is 13.0. The van der Waals surface area contributed by atoms with Crippen molar-refractivity contribution in [2.45, 2.75) is 12.7 Å². The zero-order valence-electron chi connectivity index (χ0n) is 21.8. The van der Waals surface area contributed by atoms with Gasteiger partial charge in [-0.15, -0.1) is 0 Å². The fourth-order valence-electron chi connectivity index (χ4n) is 3.98. The van der Waals surface area contributed by atoms with Gasteiger partial charge in [-0.25, -0.2) is 19.7 Å². The second kappa shape index (κ2) is 12.9. The van der Waals surface area contributed by atoms with E-state index < -0.39 is 17.7 Å². The molecule has 9 nitrogen and oxygen atoms in total. The Morgan fingerprint density at radius 2 is 1.79 bits per heavy atom. The second-order valence-electron chi connectivity index (χ2n) is 8.84. The Morgan fingerprint density at radius 3 is 2.57 bits per heavy atom. The number of ether oxygens (including phenoxy) is 3. The molecule has 0 saturated carbocycles. The normalized spacial score (nSPS) is 11.4. The quantitative estimate of drug-likeness (QED) is 0.130. The summed E-state index contributed by atoms with van der Waals surface area (Å²) in [6, 6.07) is 16.5. The van der Waals surface area contributed by atoms with Gasteiger partial charge >= 0.3 is 12.1 Å². The molecule has 5 aromatic rings. The zero-order valence-corrected chi connectivity index (χ0v) is 22.6. The van der Waals surface area contributed by atoms with E-state index >= 15 is 0 Å². The molecule has 1 N–H and O–H groups in total. The summed E-state index contributed by atoms with van der Waals surface area (Å²) in [6.45, 7) is 1.17. The number of hydrogen-bond acceptors (Lipinski definition) is 8. The predicted molar refractivity (Wildman–Crippen MR) is 149 cm³/mol. The van der Waals surface area contributed by atoms with Gasteiger partial charge in [-0.2, -0.15) is 13.2 Å². The molecule has 42 heavy (non-hydrogen) atoms. The first-order valence-electron chi connectivity index (χ1n) is 12.7. The molecule has 0 bridgehead atoms. The van der Waals surface area contributed by atoms with Crippen LogP contribution in [-0.2, 0) is 22.2 Å². The average molecular weight is 598 g/mol. The summed E-state index contributed by atoms with van der Waals surface area (Å²) in [5.74, 6) is -0.0317. The van der Waals surface area contributed by atoms with Crippen molar-refractivity contribution < 1.29 is 32.2 Å².